The highest BCUT2D eigenvalue weighted by molar-refractivity contribution is 6.18. The third-order valence-electron chi connectivity index (χ3n) is 3.73. The van der Waals surface area contributed by atoms with Gasteiger partial charge in [0.1, 0.15) is 0 Å². The smallest absolute Gasteiger partial charge is 0.255 e. The predicted octanol–water partition coefficient (Wildman–Crippen LogP) is 2.09. The van der Waals surface area contributed by atoms with Gasteiger partial charge in [0.25, 0.3) is 5.91 Å². The van der Waals surface area contributed by atoms with Gasteiger partial charge in [-0.1, -0.05) is 0 Å². The first kappa shape index (κ1) is 15.3. The summed E-state index contributed by atoms with van der Waals surface area (Å²) < 4.78 is 0. The highest BCUT2D eigenvalue weighted by Gasteiger charge is 2.21. The molecule has 0 spiro atoms. The minimum absolute atomic E-state index is 0.0997. The van der Waals surface area contributed by atoms with Crippen molar-refractivity contribution in [3.8, 4) is 0 Å². The Morgan fingerprint density at radius 3 is 2.75 bits per heavy atom. The van der Waals surface area contributed by atoms with Gasteiger partial charge in [0, 0.05) is 37.8 Å². The van der Waals surface area contributed by atoms with E-state index < -0.39 is 0 Å². The van der Waals surface area contributed by atoms with Crippen LogP contribution in [0.1, 0.15) is 28.2 Å². The summed E-state index contributed by atoms with van der Waals surface area (Å²) in [7, 11) is 0. The van der Waals surface area contributed by atoms with Crippen LogP contribution >= 0.6 is 11.6 Å². The summed E-state index contributed by atoms with van der Waals surface area (Å²) in [6.45, 7) is 8.23. The second-order valence-electron chi connectivity index (χ2n) is 5.26. The Morgan fingerprint density at radius 2 is 2.05 bits per heavy atom. The van der Waals surface area contributed by atoms with Crippen LogP contribution in [0, 0.1) is 13.8 Å². The lowest BCUT2D eigenvalue weighted by atomic mass is 10.1. The maximum atomic E-state index is 12.6. The number of aromatic nitrogens is 1. The standard InChI is InChI=1S/C15H22ClN3O/c1-12-4-5-14(13(2)17-12)15(20)19-8-3-7-18(9-6-16)10-11-19/h4-5H,3,6-11H2,1-2H3. The lowest BCUT2D eigenvalue weighted by Gasteiger charge is -2.22. The zero-order valence-corrected chi connectivity index (χ0v) is 13.0. The fraction of sp³-hybridized carbons (Fsp3) is 0.600. The van der Waals surface area contributed by atoms with Gasteiger partial charge in [0.2, 0.25) is 0 Å². The Kier molecular flexibility index (Phi) is 5.38. The second kappa shape index (κ2) is 7.04. The van der Waals surface area contributed by atoms with Crippen LogP contribution in [0.15, 0.2) is 12.1 Å². The molecule has 2 heterocycles. The van der Waals surface area contributed by atoms with Crippen molar-refractivity contribution >= 4 is 17.5 Å². The minimum Gasteiger partial charge on any atom is -0.337 e. The zero-order chi connectivity index (χ0) is 14.5. The first-order valence-corrected chi connectivity index (χ1v) is 7.67. The molecule has 0 N–H and O–H groups in total. The molecular formula is C15H22ClN3O. The van der Waals surface area contributed by atoms with Crippen LogP contribution in [0.25, 0.3) is 0 Å². The third kappa shape index (κ3) is 3.70. The molecule has 1 amide bonds. The van der Waals surface area contributed by atoms with E-state index in [1.54, 1.807) is 0 Å². The molecule has 1 aromatic heterocycles. The SMILES string of the molecule is Cc1ccc(C(=O)N2CCCN(CCCl)CC2)c(C)n1. The molecular weight excluding hydrogens is 274 g/mol. The minimum atomic E-state index is 0.0997. The maximum Gasteiger partial charge on any atom is 0.255 e. The zero-order valence-electron chi connectivity index (χ0n) is 12.2. The molecule has 110 valence electrons. The average Bonchev–Trinajstić information content (AvgIpc) is 2.64. The van der Waals surface area contributed by atoms with Crippen molar-refractivity contribution in [3.05, 3.63) is 29.1 Å². The quantitative estimate of drug-likeness (QED) is 0.801. The van der Waals surface area contributed by atoms with E-state index in [2.05, 4.69) is 9.88 Å². The van der Waals surface area contributed by atoms with Gasteiger partial charge in [0.15, 0.2) is 0 Å². The van der Waals surface area contributed by atoms with Gasteiger partial charge < -0.3 is 9.80 Å². The Hall–Kier alpha value is -1.13. The van der Waals surface area contributed by atoms with Gasteiger partial charge in [0.05, 0.1) is 11.3 Å². The Balaban J connectivity index is 2.05. The van der Waals surface area contributed by atoms with Gasteiger partial charge in [-0.05, 0) is 38.9 Å². The molecule has 0 atom stereocenters. The topological polar surface area (TPSA) is 36.4 Å². The van der Waals surface area contributed by atoms with Crippen LogP contribution in [0.5, 0.6) is 0 Å². The number of alkyl halides is 1. The molecule has 0 aliphatic carbocycles. The van der Waals surface area contributed by atoms with Crippen LogP contribution in [-0.4, -0.2) is 59.3 Å². The number of halogens is 1. The highest BCUT2D eigenvalue weighted by Crippen LogP contribution is 2.12. The summed E-state index contributed by atoms with van der Waals surface area (Å²) in [6, 6.07) is 3.79. The normalized spacial score (nSPS) is 17.1. The van der Waals surface area contributed by atoms with E-state index >= 15 is 0 Å². The number of rotatable bonds is 3. The summed E-state index contributed by atoms with van der Waals surface area (Å²) >= 11 is 5.79. The molecule has 0 saturated carbocycles. The summed E-state index contributed by atoms with van der Waals surface area (Å²) in [6.07, 6.45) is 1.00. The van der Waals surface area contributed by atoms with Crippen molar-refractivity contribution in [1.29, 1.82) is 0 Å². The van der Waals surface area contributed by atoms with Crippen molar-refractivity contribution < 1.29 is 4.79 Å². The third-order valence-corrected chi connectivity index (χ3v) is 3.90. The van der Waals surface area contributed by atoms with Gasteiger partial charge in [-0.2, -0.15) is 0 Å². The van der Waals surface area contributed by atoms with Gasteiger partial charge in [-0.3, -0.25) is 9.78 Å². The molecule has 1 aliphatic heterocycles. The fourth-order valence-corrected chi connectivity index (χ4v) is 2.84. The lowest BCUT2D eigenvalue weighted by Crippen LogP contribution is -2.36. The summed E-state index contributed by atoms with van der Waals surface area (Å²) in [5.74, 6) is 0.747. The molecule has 0 radical (unpaired) electrons. The van der Waals surface area contributed by atoms with Crippen LogP contribution in [0.2, 0.25) is 0 Å². The van der Waals surface area contributed by atoms with Crippen molar-refractivity contribution in [2.75, 3.05) is 38.6 Å². The number of aryl methyl sites for hydroxylation is 2. The first-order chi connectivity index (χ1) is 9.61. The number of pyridine rings is 1. The molecule has 1 saturated heterocycles. The first-order valence-electron chi connectivity index (χ1n) is 7.13. The van der Waals surface area contributed by atoms with Gasteiger partial charge in [-0.15, -0.1) is 11.6 Å². The molecule has 1 aromatic rings. The highest BCUT2D eigenvalue weighted by atomic mass is 35.5. The second-order valence-corrected chi connectivity index (χ2v) is 5.64. The Labute approximate surface area is 125 Å². The number of carbonyl (C=O) groups is 1. The molecule has 1 fully saturated rings. The van der Waals surface area contributed by atoms with Crippen molar-refractivity contribution in [2.45, 2.75) is 20.3 Å². The molecule has 0 bridgehead atoms. The molecule has 0 aromatic carbocycles. The van der Waals surface area contributed by atoms with E-state index in [-0.39, 0.29) is 5.91 Å². The monoisotopic (exact) mass is 295 g/mol. The molecule has 5 heteroatoms. The molecule has 2 rings (SSSR count). The van der Waals surface area contributed by atoms with Crippen molar-refractivity contribution in [3.63, 3.8) is 0 Å². The van der Waals surface area contributed by atoms with Gasteiger partial charge >= 0.3 is 0 Å². The van der Waals surface area contributed by atoms with Crippen LogP contribution < -0.4 is 0 Å². The maximum absolute atomic E-state index is 12.6. The summed E-state index contributed by atoms with van der Waals surface area (Å²) in [4.78, 5) is 21.2. The van der Waals surface area contributed by atoms with Crippen LogP contribution in [0.4, 0.5) is 0 Å². The predicted molar refractivity (Wildman–Crippen MR) is 81.4 cm³/mol. The van der Waals surface area contributed by atoms with E-state index in [1.807, 2.05) is 30.9 Å². The largest absolute Gasteiger partial charge is 0.337 e. The van der Waals surface area contributed by atoms with E-state index in [1.165, 1.54) is 0 Å². The number of nitrogens with zero attached hydrogens (tertiary/aromatic N) is 3. The fourth-order valence-electron chi connectivity index (χ4n) is 2.60. The number of amides is 1. The lowest BCUT2D eigenvalue weighted by molar-refractivity contribution is 0.0760. The van der Waals surface area contributed by atoms with E-state index in [0.717, 1.165) is 56.1 Å². The summed E-state index contributed by atoms with van der Waals surface area (Å²) in [5, 5.41) is 0. The number of hydrogen-bond donors (Lipinski definition) is 0. The number of hydrogen-bond acceptors (Lipinski definition) is 3. The Morgan fingerprint density at radius 1 is 1.25 bits per heavy atom. The molecule has 0 unspecified atom stereocenters. The van der Waals surface area contributed by atoms with E-state index in [9.17, 15) is 4.79 Å². The van der Waals surface area contributed by atoms with Crippen LogP contribution in [0.3, 0.4) is 0 Å². The van der Waals surface area contributed by atoms with Crippen molar-refractivity contribution in [1.82, 2.24) is 14.8 Å². The molecule has 4 nitrogen and oxygen atoms in total. The van der Waals surface area contributed by atoms with Gasteiger partial charge in [-0.25, -0.2) is 0 Å². The molecule has 20 heavy (non-hydrogen) atoms. The van der Waals surface area contributed by atoms with E-state index in [4.69, 9.17) is 11.6 Å². The average molecular weight is 296 g/mol. The molecule has 1 aliphatic rings. The summed E-state index contributed by atoms with van der Waals surface area (Å²) in [5.41, 5.74) is 2.49. The Bertz CT molecular complexity index is 478. The number of carbonyl (C=O) groups excluding carboxylic acids is 1. The van der Waals surface area contributed by atoms with Crippen LogP contribution in [-0.2, 0) is 0 Å². The van der Waals surface area contributed by atoms with Crippen molar-refractivity contribution in [2.24, 2.45) is 0 Å². The van der Waals surface area contributed by atoms with E-state index in [0.29, 0.717) is 5.88 Å².